The van der Waals surface area contributed by atoms with E-state index in [2.05, 4.69) is 25.4 Å². The second-order valence-electron chi connectivity index (χ2n) is 5.71. The van der Waals surface area contributed by atoms with E-state index in [9.17, 15) is 14.3 Å². The standard InChI is InChI=1S/C16H20FN5O2/c17-12-5-2-1-4-11(12)13(23)10-19-16(24)18-8-7-15-21-20-14-6-3-9-22(14)15/h1-2,4-5,13,23H,3,6-10H2,(H2,18,19,24). The van der Waals surface area contributed by atoms with E-state index in [1.54, 1.807) is 12.1 Å². The number of halogens is 1. The highest BCUT2D eigenvalue weighted by Crippen LogP contribution is 2.15. The fourth-order valence-corrected chi connectivity index (χ4v) is 2.79. The van der Waals surface area contributed by atoms with Crippen LogP contribution in [0.1, 0.15) is 29.7 Å². The number of aliphatic hydroxyl groups excluding tert-OH is 1. The first-order valence-corrected chi connectivity index (χ1v) is 8.00. The predicted octanol–water partition coefficient (Wildman–Crippen LogP) is 0.939. The van der Waals surface area contributed by atoms with Gasteiger partial charge in [0.25, 0.3) is 0 Å². The number of hydrogen-bond donors (Lipinski definition) is 3. The minimum Gasteiger partial charge on any atom is -0.386 e. The number of hydrogen-bond acceptors (Lipinski definition) is 4. The third-order valence-electron chi connectivity index (χ3n) is 4.04. The zero-order valence-corrected chi connectivity index (χ0v) is 13.2. The molecule has 1 atom stereocenters. The lowest BCUT2D eigenvalue weighted by molar-refractivity contribution is 0.169. The summed E-state index contributed by atoms with van der Waals surface area (Å²) >= 11 is 0. The van der Waals surface area contributed by atoms with Crippen molar-refractivity contribution in [1.82, 2.24) is 25.4 Å². The fraction of sp³-hybridized carbons (Fsp3) is 0.438. The van der Waals surface area contributed by atoms with Gasteiger partial charge >= 0.3 is 6.03 Å². The zero-order chi connectivity index (χ0) is 16.9. The molecule has 1 aliphatic heterocycles. The number of rotatable bonds is 6. The number of aryl methyl sites for hydroxylation is 1. The molecule has 2 amide bonds. The number of carbonyl (C=O) groups excluding carboxylic acids is 1. The van der Waals surface area contributed by atoms with E-state index < -0.39 is 18.0 Å². The van der Waals surface area contributed by atoms with Gasteiger partial charge in [-0.1, -0.05) is 18.2 Å². The van der Waals surface area contributed by atoms with Gasteiger partial charge in [-0.15, -0.1) is 10.2 Å². The molecule has 0 spiro atoms. The minimum atomic E-state index is -1.09. The topological polar surface area (TPSA) is 92.1 Å². The van der Waals surface area contributed by atoms with Crippen molar-refractivity contribution in [1.29, 1.82) is 0 Å². The zero-order valence-electron chi connectivity index (χ0n) is 13.2. The second-order valence-corrected chi connectivity index (χ2v) is 5.71. The quantitative estimate of drug-likeness (QED) is 0.733. The Balaban J connectivity index is 1.40. The average molecular weight is 333 g/mol. The van der Waals surface area contributed by atoms with E-state index in [1.807, 2.05) is 0 Å². The highest BCUT2D eigenvalue weighted by Gasteiger charge is 2.17. The average Bonchev–Trinajstić information content (AvgIpc) is 3.18. The molecule has 0 aliphatic carbocycles. The molecule has 24 heavy (non-hydrogen) atoms. The summed E-state index contributed by atoms with van der Waals surface area (Å²) in [6.45, 7) is 1.28. The molecule has 3 rings (SSSR count). The van der Waals surface area contributed by atoms with Crippen LogP contribution in [0, 0.1) is 5.82 Å². The lowest BCUT2D eigenvalue weighted by Crippen LogP contribution is -2.39. The van der Waals surface area contributed by atoms with Gasteiger partial charge < -0.3 is 20.3 Å². The van der Waals surface area contributed by atoms with Crippen LogP contribution in [0.5, 0.6) is 0 Å². The molecule has 1 unspecified atom stereocenters. The van der Waals surface area contributed by atoms with Gasteiger partial charge in [-0.3, -0.25) is 0 Å². The van der Waals surface area contributed by atoms with Gasteiger partial charge in [-0.05, 0) is 12.5 Å². The first kappa shape index (κ1) is 16.4. The molecule has 1 aliphatic rings. The van der Waals surface area contributed by atoms with Crippen molar-refractivity contribution < 1.29 is 14.3 Å². The molecule has 2 aromatic rings. The number of urea groups is 1. The number of nitrogens with zero attached hydrogens (tertiary/aromatic N) is 3. The van der Waals surface area contributed by atoms with Crippen LogP contribution < -0.4 is 10.6 Å². The van der Waals surface area contributed by atoms with Crippen molar-refractivity contribution >= 4 is 6.03 Å². The van der Waals surface area contributed by atoms with Gasteiger partial charge in [-0.2, -0.15) is 0 Å². The monoisotopic (exact) mass is 333 g/mol. The number of aliphatic hydroxyl groups is 1. The third-order valence-corrected chi connectivity index (χ3v) is 4.04. The highest BCUT2D eigenvalue weighted by molar-refractivity contribution is 5.73. The maximum absolute atomic E-state index is 13.5. The molecule has 0 bridgehead atoms. The van der Waals surface area contributed by atoms with Crippen molar-refractivity contribution in [2.45, 2.75) is 31.9 Å². The largest absolute Gasteiger partial charge is 0.386 e. The first-order valence-electron chi connectivity index (χ1n) is 8.00. The lowest BCUT2D eigenvalue weighted by Gasteiger charge is -2.13. The summed E-state index contributed by atoms with van der Waals surface area (Å²) in [5.74, 6) is 1.38. The van der Waals surface area contributed by atoms with Crippen molar-refractivity contribution in [3.8, 4) is 0 Å². The summed E-state index contributed by atoms with van der Waals surface area (Å²) in [4.78, 5) is 11.8. The molecule has 0 radical (unpaired) electrons. The molecule has 2 heterocycles. The smallest absolute Gasteiger partial charge is 0.314 e. The Hall–Kier alpha value is -2.48. The lowest BCUT2D eigenvalue weighted by atomic mass is 10.1. The molecule has 1 aromatic heterocycles. The maximum Gasteiger partial charge on any atom is 0.314 e. The van der Waals surface area contributed by atoms with Crippen LogP contribution in [0.25, 0.3) is 0 Å². The molecule has 8 heteroatoms. The third kappa shape index (κ3) is 3.70. The summed E-state index contributed by atoms with van der Waals surface area (Å²) in [6, 6.07) is 5.54. The number of carbonyl (C=O) groups is 1. The van der Waals surface area contributed by atoms with Gasteiger partial charge in [0.05, 0.1) is 6.10 Å². The molecular formula is C16H20FN5O2. The van der Waals surface area contributed by atoms with E-state index in [1.165, 1.54) is 12.1 Å². The van der Waals surface area contributed by atoms with Gasteiger partial charge in [0.2, 0.25) is 0 Å². The van der Waals surface area contributed by atoms with Crippen molar-refractivity contribution in [2.75, 3.05) is 13.1 Å². The van der Waals surface area contributed by atoms with Gasteiger partial charge in [0, 0.05) is 38.0 Å². The Labute approximate surface area is 138 Å². The summed E-state index contributed by atoms with van der Waals surface area (Å²) in [5, 5.41) is 23.4. The predicted molar refractivity (Wildman–Crippen MR) is 84.8 cm³/mol. The summed E-state index contributed by atoms with van der Waals surface area (Å²) in [7, 11) is 0. The van der Waals surface area contributed by atoms with Crippen molar-refractivity contribution in [3.05, 3.63) is 47.3 Å². The van der Waals surface area contributed by atoms with Gasteiger partial charge in [-0.25, -0.2) is 9.18 Å². The molecule has 0 saturated heterocycles. The van der Waals surface area contributed by atoms with Crippen LogP contribution >= 0.6 is 0 Å². The number of fused-ring (bicyclic) bond motifs is 1. The van der Waals surface area contributed by atoms with Crippen LogP contribution in [-0.4, -0.2) is 39.0 Å². The maximum atomic E-state index is 13.5. The fourth-order valence-electron chi connectivity index (χ4n) is 2.79. The Morgan fingerprint density at radius 1 is 1.33 bits per heavy atom. The summed E-state index contributed by atoms with van der Waals surface area (Å²) in [6.07, 6.45) is 1.54. The molecule has 3 N–H and O–H groups in total. The Morgan fingerprint density at radius 3 is 3.00 bits per heavy atom. The second kappa shape index (κ2) is 7.39. The van der Waals surface area contributed by atoms with Crippen LogP contribution in [0.15, 0.2) is 24.3 Å². The summed E-state index contributed by atoms with van der Waals surface area (Å²) < 4.78 is 15.6. The summed E-state index contributed by atoms with van der Waals surface area (Å²) in [5.41, 5.74) is 0.164. The van der Waals surface area contributed by atoms with E-state index >= 15 is 0 Å². The van der Waals surface area contributed by atoms with Gasteiger partial charge in [0.15, 0.2) is 0 Å². The molecule has 128 valence electrons. The van der Waals surface area contributed by atoms with Crippen LogP contribution in [0.3, 0.4) is 0 Å². The molecule has 1 aromatic carbocycles. The van der Waals surface area contributed by atoms with Crippen LogP contribution in [-0.2, 0) is 19.4 Å². The number of aromatic nitrogens is 3. The molecule has 7 nitrogen and oxygen atoms in total. The Bertz CT molecular complexity index is 718. The normalized spacial score (nSPS) is 14.2. The van der Waals surface area contributed by atoms with E-state index in [0.717, 1.165) is 31.0 Å². The van der Waals surface area contributed by atoms with Crippen molar-refractivity contribution in [3.63, 3.8) is 0 Å². The number of nitrogens with one attached hydrogen (secondary N) is 2. The van der Waals surface area contributed by atoms with Crippen molar-refractivity contribution in [2.24, 2.45) is 0 Å². The molecular weight excluding hydrogens is 313 g/mol. The van der Waals surface area contributed by atoms with Crippen LogP contribution in [0.4, 0.5) is 9.18 Å². The Kier molecular flexibility index (Phi) is 5.05. The number of benzene rings is 1. The first-order chi connectivity index (χ1) is 11.6. The SMILES string of the molecule is O=C(NCCc1nnc2n1CCC2)NCC(O)c1ccccc1F. The molecule has 0 fully saturated rings. The highest BCUT2D eigenvalue weighted by atomic mass is 19.1. The Morgan fingerprint density at radius 2 is 2.17 bits per heavy atom. The number of amides is 2. The van der Waals surface area contributed by atoms with E-state index in [-0.39, 0.29) is 12.1 Å². The molecule has 0 saturated carbocycles. The van der Waals surface area contributed by atoms with Gasteiger partial charge in [0.1, 0.15) is 17.5 Å². The van der Waals surface area contributed by atoms with E-state index in [0.29, 0.717) is 13.0 Å². The minimum absolute atomic E-state index is 0.0624. The van der Waals surface area contributed by atoms with Crippen LogP contribution in [0.2, 0.25) is 0 Å². The van der Waals surface area contributed by atoms with E-state index in [4.69, 9.17) is 0 Å².